The van der Waals surface area contributed by atoms with Gasteiger partial charge in [0.15, 0.2) is 5.78 Å². The van der Waals surface area contributed by atoms with Gasteiger partial charge in [0.1, 0.15) is 5.15 Å². The fraction of sp³-hybridized carbons (Fsp3) is 0.188. The summed E-state index contributed by atoms with van der Waals surface area (Å²) < 4.78 is 1.01. The number of amides is 1. The third-order valence-electron chi connectivity index (χ3n) is 3.44. The molecule has 3 aromatic rings. The number of carbonyl (C=O) groups excluding carboxylic acids is 2. The first-order valence-electron chi connectivity index (χ1n) is 6.97. The number of Topliss-reactive ketones (excluding diaryl/α,β-unsaturated/α-hetero) is 1. The molecule has 24 heavy (non-hydrogen) atoms. The molecule has 0 atom stereocenters. The highest BCUT2D eigenvalue weighted by Crippen LogP contribution is 2.32. The van der Waals surface area contributed by atoms with E-state index in [-0.39, 0.29) is 18.1 Å². The number of fused-ring (bicyclic) bond motifs is 2. The standard InChI is InChI=1S/C8H5Cl2NS.C8H7NO2S/c1-4-3-12-8-5(9)2-6(10)11-7(4)8;1-4-3-12-8-5(10)2-6(11)9-7(4)8/h2-3H,1H3;3H,2H2,1H3,(H,9,11). The normalized spacial score (nSPS) is 13.3. The van der Waals surface area contributed by atoms with Crippen molar-refractivity contribution in [3.8, 4) is 0 Å². The van der Waals surface area contributed by atoms with E-state index in [0.29, 0.717) is 20.7 Å². The second kappa shape index (κ2) is 6.80. The van der Waals surface area contributed by atoms with Crippen molar-refractivity contribution in [2.24, 2.45) is 0 Å². The van der Waals surface area contributed by atoms with Gasteiger partial charge in [0.05, 0.1) is 32.2 Å². The van der Waals surface area contributed by atoms with Crippen molar-refractivity contribution >= 4 is 73.5 Å². The molecule has 3 aromatic heterocycles. The predicted molar refractivity (Wildman–Crippen MR) is 101 cm³/mol. The van der Waals surface area contributed by atoms with Crippen molar-refractivity contribution < 1.29 is 9.59 Å². The lowest BCUT2D eigenvalue weighted by molar-refractivity contribution is -0.115. The summed E-state index contributed by atoms with van der Waals surface area (Å²) >= 11 is 14.7. The van der Waals surface area contributed by atoms with E-state index in [9.17, 15) is 9.59 Å². The molecule has 0 aromatic carbocycles. The van der Waals surface area contributed by atoms with Crippen LogP contribution in [0, 0.1) is 13.8 Å². The number of thiophene rings is 2. The van der Waals surface area contributed by atoms with Crippen LogP contribution in [0.5, 0.6) is 0 Å². The Hall–Kier alpha value is -1.47. The molecule has 4 heterocycles. The van der Waals surface area contributed by atoms with Gasteiger partial charge >= 0.3 is 0 Å². The summed E-state index contributed by atoms with van der Waals surface area (Å²) in [4.78, 5) is 27.1. The van der Waals surface area contributed by atoms with Gasteiger partial charge in [-0.25, -0.2) is 4.98 Å². The monoisotopic (exact) mass is 398 g/mol. The number of hydrogen-bond acceptors (Lipinski definition) is 5. The zero-order chi connectivity index (χ0) is 17.4. The Morgan fingerprint density at radius 1 is 1.12 bits per heavy atom. The molecule has 1 N–H and O–H groups in total. The largest absolute Gasteiger partial charge is 0.324 e. The lowest BCUT2D eigenvalue weighted by atomic mass is 10.1. The topological polar surface area (TPSA) is 59.1 Å². The zero-order valence-corrected chi connectivity index (χ0v) is 15.9. The summed E-state index contributed by atoms with van der Waals surface area (Å²) in [7, 11) is 0. The Morgan fingerprint density at radius 3 is 2.58 bits per heavy atom. The molecule has 1 aliphatic heterocycles. The maximum atomic E-state index is 11.3. The minimum Gasteiger partial charge on any atom is -0.324 e. The van der Waals surface area contributed by atoms with Gasteiger partial charge in [0, 0.05) is 0 Å². The summed E-state index contributed by atoms with van der Waals surface area (Å²) in [5, 5.41) is 7.74. The van der Waals surface area contributed by atoms with Crippen LogP contribution < -0.4 is 5.32 Å². The van der Waals surface area contributed by atoms with Gasteiger partial charge in [-0.2, -0.15) is 0 Å². The minimum absolute atomic E-state index is 0.00699. The van der Waals surface area contributed by atoms with Gasteiger partial charge < -0.3 is 5.32 Å². The third-order valence-corrected chi connectivity index (χ3v) is 6.30. The van der Waals surface area contributed by atoms with E-state index in [0.717, 1.165) is 21.3 Å². The second-order valence-corrected chi connectivity index (χ2v) is 7.85. The molecule has 4 rings (SSSR count). The Kier molecular flexibility index (Phi) is 4.92. The van der Waals surface area contributed by atoms with Gasteiger partial charge in [-0.1, -0.05) is 23.2 Å². The molecule has 0 saturated heterocycles. The smallest absolute Gasteiger partial charge is 0.232 e. The van der Waals surface area contributed by atoms with Gasteiger partial charge in [-0.05, 0) is 41.8 Å². The highest BCUT2D eigenvalue weighted by Gasteiger charge is 2.25. The summed E-state index contributed by atoms with van der Waals surface area (Å²) in [6.45, 7) is 3.88. The average molecular weight is 399 g/mol. The van der Waals surface area contributed by atoms with Gasteiger partial charge in [-0.15, -0.1) is 22.7 Å². The van der Waals surface area contributed by atoms with E-state index >= 15 is 0 Å². The van der Waals surface area contributed by atoms with Gasteiger partial charge in [0.2, 0.25) is 5.91 Å². The average Bonchev–Trinajstić information content (AvgIpc) is 3.05. The van der Waals surface area contributed by atoms with Crippen molar-refractivity contribution in [3.05, 3.63) is 43.0 Å². The highest BCUT2D eigenvalue weighted by atomic mass is 35.5. The van der Waals surface area contributed by atoms with Crippen LogP contribution in [-0.2, 0) is 4.79 Å². The maximum absolute atomic E-state index is 11.3. The fourth-order valence-electron chi connectivity index (χ4n) is 2.27. The van der Waals surface area contributed by atoms with E-state index in [4.69, 9.17) is 23.2 Å². The molecule has 0 aliphatic carbocycles. The molecule has 0 spiro atoms. The van der Waals surface area contributed by atoms with Crippen LogP contribution in [0.4, 0.5) is 5.69 Å². The van der Waals surface area contributed by atoms with Crippen LogP contribution in [0.1, 0.15) is 27.2 Å². The second-order valence-electron chi connectivity index (χ2n) is 5.29. The SMILES string of the molecule is Cc1csc2c(Cl)cc(Cl)nc12.Cc1csc2c1NC(=O)CC2=O. The summed E-state index contributed by atoms with van der Waals surface area (Å²) in [6.07, 6.45) is -0.00699. The molecule has 0 saturated carbocycles. The lowest BCUT2D eigenvalue weighted by Crippen LogP contribution is -2.22. The first-order chi connectivity index (χ1) is 11.4. The maximum Gasteiger partial charge on any atom is 0.232 e. The highest BCUT2D eigenvalue weighted by molar-refractivity contribution is 7.18. The number of anilines is 1. The van der Waals surface area contributed by atoms with Crippen LogP contribution >= 0.6 is 45.9 Å². The van der Waals surface area contributed by atoms with Crippen LogP contribution in [0.25, 0.3) is 10.2 Å². The molecule has 1 aliphatic rings. The Morgan fingerprint density at radius 2 is 1.83 bits per heavy atom. The molecular formula is C16H12Cl2N2O2S2. The molecule has 1 amide bonds. The summed E-state index contributed by atoms with van der Waals surface area (Å²) in [5.74, 6) is -0.263. The number of pyridine rings is 1. The number of rotatable bonds is 0. The van der Waals surface area contributed by atoms with Crippen molar-refractivity contribution in [3.63, 3.8) is 0 Å². The van der Waals surface area contributed by atoms with Crippen molar-refractivity contribution in [1.29, 1.82) is 0 Å². The Labute approximate surface area is 156 Å². The summed E-state index contributed by atoms with van der Waals surface area (Å²) in [6, 6.07) is 1.67. The Bertz CT molecular complexity index is 963. The number of halogens is 2. The number of nitrogens with one attached hydrogen (secondary N) is 1. The van der Waals surface area contributed by atoms with E-state index in [1.54, 1.807) is 17.4 Å². The van der Waals surface area contributed by atoms with Crippen LogP contribution in [0.15, 0.2) is 16.8 Å². The number of hydrogen-bond donors (Lipinski definition) is 1. The zero-order valence-electron chi connectivity index (χ0n) is 12.8. The number of nitrogens with zero attached hydrogens (tertiary/aromatic N) is 1. The number of aromatic nitrogens is 1. The minimum atomic E-state index is -0.200. The fourth-order valence-corrected chi connectivity index (χ4v) is 4.69. The first-order valence-corrected chi connectivity index (χ1v) is 9.49. The number of aryl methyl sites for hydroxylation is 2. The van der Waals surface area contributed by atoms with Crippen LogP contribution in [-0.4, -0.2) is 16.7 Å². The molecular weight excluding hydrogens is 387 g/mol. The van der Waals surface area contributed by atoms with E-state index in [1.807, 2.05) is 24.6 Å². The number of ketones is 1. The lowest BCUT2D eigenvalue weighted by Gasteiger charge is -2.11. The molecule has 124 valence electrons. The molecule has 4 nitrogen and oxygen atoms in total. The molecule has 8 heteroatoms. The van der Waals surface area contributed by atoms with E-state index in [1.165, 1.54) is 11.3 Å². The molecule has 0 unspecified atom stereocenters. The van der Waals surface area contributed by atoms with E-state index < -0.39 is 0 Å². The van der Waals surface area contributed by atoms with E-state index in [2.05, 4.69) is 10.3 Å². The van der Waals surface area contributed by atoms with Crippen LogP contribution in [0.3, 0.4) is 0 Å². The van der Waals surface area contributed by atoms with Crippen molar-refractivity contribution in [2.45, 2.75) is 20.3 Å². The van der Waals surface area contributed by atoms with Gasteiger partial charge in [0.25, 0.3) is 0 Å². The Balaban J connectivity index is 0.000000141. The third kappa shape index (κ3) is 3.32. The predicted octanol–water partition coefficient (Wildman–Crippen LogP) is 5.49. The van der Waals surface area contributed by atoms with Crippen molar-refractivity contribution in [2.75, 3.05) is 5.32 Å². The summed E-state index contributed by atoms with van der Waals surface area (Å²) in [5.41, 5.74) is 3.72. The molecule has 0 fully saturated rings. The molecule has 0 radical (unpaired) electrons. The van der Waals surface area contributed by atoms with Gasteiger partial charge in [-0.3, -0.25) is 9.59 Å². The van der Waals surface area contributed by atoms with Crippen LogP contribution in [0.2, 0.25) is 10.2 Å². The molecule has 0 bridgehead atoms. The quantitative estimate of drug-likeness (QED) is 0.402. The first kappa shape index (κ1) is 17.4. The van der Waals surface area contributed by atoms with Crippen molar-refractivity contribution in [1.82, 2.24) is 4.98 Å². The number of carbonyl (C=O) groups is 2.